The van der Waals surface area contributed by atoms with Crippen molar-refractivity contribution in [1.82, 2.24) is 5.32 Å². The van der Waals surface area contributed by atoms with Gasteiger partial charge in [0, 0.05) is 24.9 Å². The van der Waals surface area contributed by atoms with E-state index in [9.17, 15) is 9.59 Å². The van der Waals surface area contributed by atoms with Crippen molar-refractivity contribution in [3.63, 3.8) is 0 Å². The lowest BCUT2D eigenvalue weighted by molar-refractivity contribution is -0.121. The van der Waals surface area contributed by atoms with Crippen molar-refractivity contribution in [1.29, 1.82) is 0 Å². The summed E-state index contributed by atoms with van der Waals surface area (Å²) in [5.41, 5.74) is 1.77. The summed E-state index contributed by atoms with van der Waals surface area (Å²) in [5.74, 6) is 1.04. The molecule has 0 radical (unpaired) electrons. The molecule has 0 aromatic heterocycles. The van der Waals surface area contributed by atoms with Gasteiger partial charge in [-0.15, -0.1) is 0 Å². The van der Waals surface area contributed by atoms with Crippen molar-refractivity contribution in [2.75, 3.05) is 0 Å². The summed E-state index contributed by atoms with van der Waals surface area (Å²) in [6.45, 7) is 6.89. The zero-order chi connectivity index (χ0) is 17.1. The van der Waals surface area contributed by atoms with Crippen LogP contribution in [0, 0.1) is 5.92 Å². The van der Waals surface area contributed by atoms with Crippen LogP contribution in [0.2, 0.25) is 0 Å². The van der Waals surface area contributed by atoms with Crippen LogP contribution in [0.25, 0.3) is 0 Å². The van der Waals surface area contributed by atoms with Crippen LogP contribution in [0.5, 0.6) is 0 Å². The van der Waals surface area contributed by atoms with Crippen LogP contribution >= 0.6 is 0 Å². The number of amides is 1. The van der Waals surface area contributed by atoms with Gasteiger partial charge in [-0.3, -0.25) is 9.59 Å². The molecule has 0 fully saturated rings. The number of benzene rings is 1. The van der Waals surface area contributed by atoms with Crippen LogP contribution in [0.4, 0.5) is 0 Å². The van der Waals surface area contributed by atoms with E-state index in [4.69, 9.17) is 0 Å². The lowest BCUT2D eigenvalue weighted by atomic mass is 10.0. The average Bonchev–Trinajstić information content (AvgIpc) is 2.55. The Morgan fingerprint density at radius 1 is 1.00 bits per heavy atom. The van der Waals surface area contributed by atoms with Gasteiger partial charge in [0.1, 0.15) is 0 Å². The molecule has 1 aromatic carbocycles. The second-order valence-electron chi connectivity index (χ2n) is 6.60. The quantitative estimate of drug-likeness (QED) is 0.466. The van der Waals surface area contributed by atoms with E-state index in [1.54, 1.807) is 0 Å². The van der Waals surface area contributed by atoms with Crippen molar-refractivity contribution in [2.45, 2.75) is 72.3 Å². The Labute approximate surface area is 140 Å². The van der Waals surface area contributed by atoms with E-state index in [-0.39, 0.29) is 11.7 Å². The van der Waals surface area contributed by atoms with Crippen LogP contribution in [-0.4, -0.2) is 11.7 Å². The average molecular weight is 317 g/mol. The van der Waals surface area contributed by atoms with Gasteiger partial charge in [0.15, 0.2) is 5.78 Å². The van der Waals surface area contributed by atoms with Crippen LogP contribution in [0.15, 0.2) is 24.3 Å². The predicted octanol–water partition coefficient (Wildman–Crippen LogP) is 4.89. The molecule has 1 rings (SSSR count). The van der Waals surface area contributed by atoms with E-state index in [2.05, 4.69) is 19.2 Å². The first kappa shape index (κ1) is 19.4. The second kappa shape index (κ2) is 11.0. The van der Waals surface area contributed by atoms with Crippen LogP contribution in [0.3, 0.4) is 0 Å². The summed E-state index contributed by atoms with van der Waals surface area (Å²) in [4.78, 5) is 23.4. The smallest absolute Gasteiger partial charge is 0.220 e. The molecular formula is C20H31NO2. The van der Waals surface area contributed by atoms with Gasteiger partial charge < -0.3 is 5.32 Å². The Balaban J connectivity index is 2.17. The van der Waals surface area contributed by atoms with Gasteiger partial charge in [-0.1, -0.05) is 70.7 Å². The largest absolute Gasteiger partial charge is 0.352 e. The Morgan fingerprint density at radius 3 is 2.26 bits per heavy atom. The van der Waals surface area contributed by atoms with Gasteiger partial charge in [-0.05, 0) is 17.9 Å². The monoisotopic (exact) mass is 317 g/mol. The van der Waals surface area contributed by atoms with Gasteiger partial charge in [-0.2, -0.15) is 0 Å². The fraction of sp³-hybridized carbons (Fsp3) is 0.600. The molecule has 0 saturated heterocycles. The summed E-state index contributed by atoms with van der Waals surface area (Å²) in [7, 11) is 0. The molecule has 0 aliphatic heterocycles. The topological polar surface area (TPSA) is 46.2 Å². The molecule has 0 unspecified atom stereocenters. The van der Waals surface area contributed by atoms with E-state index in [0.717, 1.165) is 29.9 Å². The molecule has 0 atom stereocenters. The van der Waals surface area contributed by atoms with Crippen LogP contribution in [0.1, 0.15) is 81.6 Å². The third kappa shape index (κ3) is 8.53. The third-order valence-electron chi connectivity index (χ3n) is 4.02. The number of unbranched alkanes of at least 4 members (excludes halogenated alkanes) is 3. The number of nitrogens with one attached hydrogen (secondary N) is 1. The molecule has 3 nitrogen and oxygen atoms in total. The Bertz CT molecular complexity index is 477. The van der Waals surface area contributed by atoms with Gasteiger partial charge in [-0.25, -0.2) is 0 Å². The lowest BCUT2D eigenvalue weighted by Crippen LogP contribution is -2.22. The number of carbonyl (C=O) groups is 2. The van der Waals surface area contributed by atoms with E-state index in [1.807, 2.05) is 31.2 Å². The Hall–Kier alpha value is -1.64. The fourth-order valence-electron chi connectivity index (χ4n) is 2.49. The van der Waals surface area contributed by atoms with E-state index in [0.29, 0.717) is 19.4 Å². The minimum atomic E-state index is 0.113. The molecular weight excluding hydrogens is 286 g/mol. The molecule has 0 spiro atoms. The number of hydrogen-bond acceptors (Lipinski definition) is 2. The van der Waals surface area contributed by atoms with E-state index >= 15 is 0 Å². The van der Waals surface area contributed by atoms with Gasteiger partial charge in [0.2, 0.25) is 5.91 Å². The highest BCUT2D eigenvalue weighted by Crippen LogP contribution is 2.11. The van der Waals surface area contributed by atoms with Crippen molar-refractivity contribution < 1.29 is 9.59 Å². The molecule has 0 aliphatic rings. The van der Waals surface area contributed by atoms with Gasteiger partial charge in [0.25, 0.3) is 0 Å². The molecule has 23 heavy (non-hydrogen) atoms. The maximum Gasteiger partial charge on any atom is 0.220 e. The van der Waals surface area contributed by atoms with Gasteiger partial charge >= 0.3 is 0 Å². The zero-order valence-corrected chi connectivity index (χ0v) is 14.9. The first-order valence-corrected chi connectivity index (χ1v) is 8.91. The highest BCUT2D eigenvalue weighted by molar-refractivity contribution is 5.95. The highest BCUT2D eigenvalue weighted by atomic mass is 16.1. The summed E-state index contributed by atoms with van der Waals surface area (Å²) >= 11 is 0. The molecule has 0 heterocycles. The SMILES string of the molecule is CCC(=O)c1ccc(CNC(=O)CCCCCCC(C)C)cc1. The van der Waals surface area contributed by atoms with Crippen LogP contribution in [-0.2, 0) is 11.3 Å². The molecule has 1 N–H and O–H groups in total. The number of ketones is 1. The van der Waals surface area contributed by atoms with Crippen molar-refractivity contribution in [3.05, 3.63) is 35.4 Å². The minimum Gasteiger partial charge on any atom is -0.352 e. The van der Waals surface area contributed by atoms with Gasteiger partial charge in [0.05, 0.1) is 0 Å². The summed E-state index contributed by atoms with van der Waals surface area (Å²) < 4.78 is 0. The summed E-state index contributed by atoms with van der Waals surface area (Å²) in [6, 6.07) is 7.49. The number of rotatable bonds is 11. The summed E-state index contributed by atoms with van der Waals surface area (Å²) in [6.07, 6.45) is 6.99. The van der Waals surface area contributed by atoms with E-state index in [1.165, 1.54) is 19.3 Å². The maximum atomic E-state index is 11.8. The molecule has 1 amide bonds. The van der Waals surface area contributed by atoms with Crippen molar-refractivity contribution >= 4 is 11.7 Å². The highest BCUT2D eigenvalue weighted by Gasteiger charge is 2.04. The number of carbonyl (C=O) groups excluding carboxylic acids is 2. The predicted molar refractivity (Wildman–Crippen MR) is 95.5 cm³/mol. The first-order valence-electron chi connectivity index (χ1n) is 8.91. The third-order valence-corrected chi connectivity index (χ3v) is 4.02. The number of hydrogen-bond donors (Lipinski definition) is 1. The molecule has 128 valence electrons. The van der Waals surface area contributed by atoms with Crippen LogP contribution < -0.4 is 5.32 Å². The van der Waals surface area contributed by atoms with Crippen molar-refractivity contribution in [2.24, 2.45) is 5.92 Å². The number of Topliss-reactive ketones (excluding diaryl/α,β-unsaturated/α-hetero) is 1. The maximum absolute atomic E-state index is 11.8. The zero-order valence-electron chi connectivity index (χ0n) is 14.9. The standard InChI is InChI=1S/C20H31NO2/c1-4-19(22)18-13-11-17(12-14-18)15-21-20(23)10-8-6-5-7-9-16(2)3/h11-14,16H,4-10,15H2,1-3H3,(H,21,23). The second-order valence-corrected chi connectivity index (χ2v) is 6.60. The molecule has 0 bridgehead atoms. The Kier molecular flexibility index (Phi) is 9.27. The minimum absolute atomic E-state index is 0.113. The fourth-order valence-corrected chi connectivity index (χ4v) is 2.49. The lowest BCUT2D eigenvalue weighted by Gasteiger charge is -2.07. The first-order chi connectivity index (χ1) is 11.0. The normalized spacial score (nSPS) is 10.8. The Morgan fingerprint density at radius 2 is 1.65 bits per heavy atom. The van der Waals surface area contributed by atoms with E-state index < -0.39 is 0 Å². The molecule has 0 saturated carbocycles. The van der Waals surface area contributed by atoms with Crippen molar-refractivity contribution in [3.8, 4) is 0 Å². The summed E-state index contributed by atoms with van der Waals surface area (Å²) in [5, 5.41) is 2.95. The molecule has 0 aliphatic carbocycles. The molecule has 3 heteroatoms. The molecule has 1 aromatic rings.